The van der Waals surface area contributed by atoms with Crippen molar-refractivity contribution in [2.24, 2.45) is 5.73 Å². The van der Waals surface area contributed by atoms with Crippen LogP contribution in [-0.4, -0.2) is 16.6 Å². The molecule has 1 aliphatic rings. The van der Waals surface area contributed by atoms with Crippen molar-refractivity contribution in [2.45, 2.75) is 37.6 Å². The molecular formula is C14H18N2O2S. The maximum atomic E-state index is 11.9. The molecule has 1 saturated carbocycles. The van der Waals surface area contributed by atoms with Gasteiger partial charge in [-0.25, -0.2) is 4.79 Å². The molecule has 0 atom stereocenters. The fourth-order valence-corrected chi connectivity index (χ4v) is 2.66. The summed E-state index contributed by atoms with van der Waals surface area (Å²) in [6.45, 7) is 0. The molecule has 2 rings (SSSR count). The second kappa shape index (κ2) is 6.02. The maximum Gasteiger partial charge on any atom is 0.413 e. The number of nitrogens with two attached hydrogens (primary N) is 1. The van der Waals surface area contributed by atoms with E-state index in [1.54, 1.807) is 12.1 Å². The summed E-state index contributed by atoms with van der Waals surface area (Å²) < 4.78 is 5.23. The lowest BCUT2D eigenvalue weighted by Gasteiger charge is -2.36. The molecule has 1 aromatic carbocycles. The largest absolute Gasteiger partial charge is 0.413 e. The van der Waals surface area contributed by atoms with Crippen LogP contribution in [0, 0.1) is 0 Å². The molecule has 1 aliphatic carbocycles. The van der Waals surface area contributed by atoms with Crippen molar-refractivity contribution < 1.29 is 9.53 Å². The minimum atomic E-state index is -0.584. The molecule has 0 heterocycles. The van der Waals surface area contributed by atoms with Gasteiger partial charge in [0.1, 0.15) is 5.75 Å². The van der Waals surface area contributed by atoms with Crippen molar-refractivity contribution in [1.29, 1.82) is 0 Å². The smallest absolute Gasteiger partial charge is 0.410 e. The highest BCUT2D eigenvalue weighted by molar-refractivity contribution is 7.80. The number of hydrogen-bond acceptors (Lipinski definition) is 3. The van der Waals surface area contributed by atoms with E-state index >= 15 is 0 Å². The Hall–Kier alpha value is -1.62. The first-order valence-corrected chi connectivity index (χ1v) is 6.88. The SMILES string of the molecule is NC(=S)C1(NC(=O)Oc2ccccc2)CCCCC1. The number of amides is 1. The lowest BCUT2D eigenvalue weighted by atomic mass is 9.82. The molecule has 1 amide bonds. The third-order valence-corrected chi connectivity index (χ3v) is 3.86. The van der Waals surface area contributed by atoms with Crippen molar-refractivity contribution >= 4 is 23.3 Å². The summed E-state index contributed by atoms with van der Waals surface area (Å²) in [4.78, 5) is 12.3. The summed E-state index contributed by atoms with van der Waals surface area (Å²) in [6.07, 6.45) is 4.25. The second-order valence-electron chi connectivity index (χ2n) is 4.83. The fraction of sp³-hybridized carbons (Fsp3) is 0.429. The van der Waals surface area contributed by atoms with Crippen LogP contribution in [0.1, 0.15) is 32.1 Å². The number of rotatable bonds is 3. The Morgan fingerprint density at radius 3 is 2.42 bits per heavy atom. The number of hydrogen-bond donors (Lipinski definition) is 2. The monoisotopic (exact) mass is 278 g/mol. The highest BCUT2D eigenvalue weighted by Crippen LogP contribution is 2.28. The van der Waals surface area contributed by atoms with Crippen LogP contribution < -0.4 is 15.8 Å². The standard InChI is InChI=1S/C14H18N2O2S/c15-12(19)14(9-5-2-6-10-14)16-13(17)18-11-7-3-1-4-8-11/h1,3-4,7-8H,2,5-6,9-10H2,(H2,15,19)(H,16,17). The molecule has 1 fully saturated rings. The van der Waals surface area contributed by atoms with Gasteiger partial charge in [0.05, 0.1) is 10.5 Å². The first-order chi connectivity index (χ1) is 9.12. The Balaban J connectivity index is 2.01. The molecule has 4 nitrogen and oxygen atoms in total. The molecule has 0 radical (unpaired) electrons. The van der Waals surface area contributed by atoms with Gasteiger partial charge in [0.15, 0.2) is 0 Å². The molecule has 0 spiro atoms. The second-order valence-corrected chi connectivity index (χ2v) is 5.27. The van der Waals surface area contributed by atoms with E-state index in [-0.39, 0.29) is 0 Å². The van der Waals surface area contributed by atoms with Crippen molar-refractivity contribution in [1.82, 2.24) is 5.32 Å². The number of nitrogens with one attached hydrogen (secondary N) is 1. The van der Waals surface area contributed by atoms with Crippen molar-refractivity contribution in [3.05, 3.63) is 30.3 Å². The van der Waals surface area contributed by atoms with Gasteiger partial charge < -0.3 is 15.8 Å². The maximum absolute atomic E-state index is 11.9. The predicted octanol–water partition coefficient (Wildman–Crippen LogP) is 2.76. The molecule has 19 heavy (non-hydrogen) atoms. The number of ether oxygens (including phenoxy) is 1. The Morgan fingerprint density at radius 1 is 1.21 bits per heavy atom. The average molecular weight is 278 g/mol. The van der Waals surface area contributed by atoms with Crippen LogP contribution in [0.5, 0.6) is 5.75 Å². The zero-order valence-electron chi connectivity index (χ0n) is 10.7. The normalized spacial score (nSPS) is 17.5. The van der Waals surface area contributed by atoms with Gasteiger partial charge in [0.25, 0.3) is 0 Å². The number of para-hydroxylation sites is 1. The first-order valence-electron chi connectivity index (χ1n) is 6.47. The van der Waals surface area contributed by atoms with Crippen LogP contribution in [0.25, 0.3) is 0 Å². The predicted molar refractivity (Wildman–Crippen MR) is 78.2 cm³/mol. The van der Waals surface area contributed by atoms with E-state index in [9.17, 15) is 4.79 Å². The molecule has 1 aromatic rings. The lowest BCUT2D eigenvalue weighted by molar-refractivity contribution is 0.185. The minimum Gasteiger partial charge on any atom is -0.410 e. The van der Waals surface area contributed by atoms with Crippen LogP contribution >= 0.6 is 12.2 Å². The number of carbonyl (C=O) groups excluding carboxylic acids is 1. The van der Waals surface area contributed by atoms with Gasteiger partial charge in [-0.3, -0.25) is 0 Å². The topological polar surface area (TPSA) is 64.3 Å². The Kier molecular flexibility index (Phi) is 4.37. The van der Waals surface area contributed by atoms with Gasteiger partial charge >= 0.3 is 6.09 Å². The quantitative estimate of drug-likeness (QED) is 0.834. The van der Waals surface area contributed by atoms with Gasteiger partial charge in [-0.05, 0) is 25.0 Å². The highest BCUT2D eigenvalue weighted by atomic mass is 32.1. The lowest BCUT2D eigenvalue weighted by Crippen LogP contribution is -2.58. The van der Waals surface area contributed by atoms with Crippen molar-refractivity contribution in [2.75, 3.05) is 0 Å². The van der Waals surface area contributed by atoms with Crippen LogP contribution in [0.2, 0.25) is 0 Å². The van der Waals surface area contributed by atoms with Gasteiger partial charge in [-0.15, -0.1) is 0 Å². The summed E-state index contributed by atoms with van der Waals surface area (Å²) in [5.41, 5.74) is 5.22. The van der Waals surface area contributed by atoms with Crippen LogP contribution in [0.4, 0.5) is 4.79 Å². The highest BCUT2D eigenvalue weighted by Gasteiger charge is 2.37. The Bertz CT molecular complexity index is 456. The van der Waals surface area contributed by atoms with E-state index < -0.39 is 11.6 Å². The number of thiocarbonyl (C=S) groups is 1. The van der Waals surface area contributed by atoms with Gasteiger partial charge in [-0.1, -0.05) is 49.7 Å². The summed E-state index contributed by atoms with van der Waals surface area (Å²) in [6, 6.07) is 8.95. The van der Waals surface area contributed by atoms with E-state index in [2.05, 4.69) is 5.32 Å². The number of benzene rings is 1. The van der Waals surface area contributed by atoms with E-state index in [0.29, 0.717) is 10.7 Å². The zero-order chi connectivity index (χ0) is 13.7. The van der Waals surface area contributed by atoms with Gasteiger partial charge in [0.2, 0.25) is 0 Å². The molecule has 0 unspecified atom stereocenters. The summed E-state index contributed by atoms with van der Waals surface area (Å²) in [5, 5.41) is 2.85. The molecule has 0 aromatic heterocycles. The third-order valence-electron chi connectivity index (χ3n) is 3.47. The van der Waals surface area contributed by atoms with Crippen LogP contribution in [-0.2, 0) is 0 Å². The fourth-order valence-electron chi connectivity index (χ4n) is 2.40. The molecular weight excluding hydrogens is 260 g/mol. The van der Waals surface area contributed by atoms with E-state index in [0.717, 1.165) is 32.1 Å². The Labute approximate surface area is 118 Å². The van der Waals surface area contributed by atoms with Crippen molar-refractivity contribution in [3.63, 3.8) is 0 Å². The van der Waals surface area contributed by atoms with Crippen LogP contribution in [0.3, 0.4) is 0 Å². The van der Waals surface area contributed by atoms with Crippen molar-refractivity contribution in [3.8, 4) is 5.75 Å². The molecule has 0 bridgehead atoms. The molecule has 102 valence electrons. The number of carbonyl (C=O) groups is 1. The zero-order valence-corrected chi connectivity index (χ0v) is 11.5. The Morgan fingerprint density at radius 2 is 1.84 bits per heavy atom. The minimum absolute atomic E-state index is 0.345. The van der Waals surface area contributed by atoms with E-state index in [1.165, 1.54) is 0 Å². The molecule has 0 aliphatic heterocycles. The van der Waals surface area contributed by atoms with Crippen LogP contribution in [0.15, 0.2) is 30.3 Å². The molecule has 0 saturated heterocycles. The third kappa shape index (κ3) is 3.44. The first kappa shape index (κ1) is 13.8. The molecule has 3 N–H and O–H groups in total. The van der Waals surface area contributed by atoms with E-state index in [1.807, 2.05) is 18.2 Å². The molecule has 5 heteroatoms. The average Bonchev–Trinajstić information content (AvgIpc) is 2.40. The van der Waals surface area contributed by atoms with Gasteiger partial charge in [-0.2, -0.15) is 0 Å². The summed E-state index contributed by atoms with van der Waals surface area (Å²) >= 11 is 5.12. The van der Waals surface area contributed by atoms with E-state index in [4.69, 9.17) is 22.7 Å². The summed E-state index contributed by atoms with van der Waals surface area (Å²) in [7, 11) is 0. The summed E-state index contributed by atoms with van der Waals surface area (Å²) in [5.74, 6) is 0.508. The van der Waals surface area contributed by atoms with Gasteiger partial charge in [0, 0.05) is 0 Å².